The van der Waals surface area contributed by atoms with E-state index in [0.29, 0.717) is 35.6 Å². The van der Waals surface area contributed by atoms with Crippen molar-refractivity contribution in [2.24, 2.45) is 10.9 Å². The van der Waals surface area contributed by atoms with E-state index in [1.54, 1.807) is 14.2 Å². The Bertz CT molecular complexity index is 1230. The van der Waals surface area contributed by atoms with Crippen LogP contribution in [0.4, 0.5) is 0 Å². The second-order valence-corrected chi connectivity index (χ2v) is 10.3. The van der Waals surface area contributed by atoms with Crippen LogP contribution in [0.1, 0.15) is 74.8 Å². The van der Waals surface area contributed by atoms with Gasteiger partial charge in [-0.2, -0.15) is 0 Å². The molecule has 1 saturated carbocycles. The molecule has 1 aliphatic heterocycles. The summed E-state index contributed by atoms with van der Waals surface area (Å²) in [6.07, 6.45) is 6.02. The Morgan fingerprint density at radius 1 is 0.919 bits per heavy atom. The molecular weight excluding hydrogens is 466 g/mol. The number of hydrogen-bond donors (Lipinski definition) is 0. The molecule has 6 heteroatoms. The van der Waals surface area contributed by atoms with Crippen molar-refractivity contribution in [3.8, 4) is 11.5 Å². The van der Waals surface area contributed by atoms with E-state index in [9.17, 15) is 9.59 Å². The summed E-state index contributed by atoms with van der Waals surface area (Å²) in [5.74, 6) is -0.374. The molecule has 194 valence electrons. The second kappa shape index (κ2) is 10.9. The van der Waals surface area contributed by atoms with Crippen molar-refractivity contribution >= 4 is 17.5 Å². The topological polar surface area (TPSA) is 74.2 Å². The first-order chi connectivity index (χ1) is 18.0. The van der Waals surface area contributed by atoms with Gasteiger partial charge in [-0.15, -0.1) is 0 Å². The van der Waals surface area contributed by atoms with Crippen LogP contribution >= 0.6 is 0 Å². The predicted octanol–water partition coefficient (Wildman–Crippen LogP) is 6.15. The maximum Gasteiger partial charge on any atom is 0.315 e. The van der Waals surface area contributed by atoms with Gasteiger partial charge in [-0.05, 0) is 56.6 Å². The van der Waals surface area contributed by atoms with Gasteiger partial charge in [0.2, 0.25) is 0 Å². The first-order valence-electron chi connectivity index (χ1n) is 13.3. The third-order valence-corrected chi connectivity index (χ3v) is 8.02. The molecule has 1 fully saturated rings. The minimum Gasteiger partial charge on any atom is -0.493 e. The van der Waals surface area contributed by atoms with Crippen LogP contribution in [0.25, 0.3) is 0 Å². The SMILES string of the molecule is COc1cccc([C@H]2C3=C(C[C@H](c4ccccc4)CC3=O)N=C(C)C2C(=O)OC2CCCCC2)c1OC. The standard InChI is InChI=1S/C31H35NO5/c1-19-27(31(34)37-22-13-8-5-9-14-22)28(23-15-10-16-26(35-2)30(23)36-3)29-24(32-19)17-21(18-25(29)33)20-11-6-4-7-12-20/h4,6-7,10-12,15-16,21-22,27-28H,5,8-9,13-14,17-18H2,1-3H3/t21-,27?,28+/m0/s1. The Morgan fingerprint density at radius 3 is 2.38 bits per heavy atom. The van der Waals surface area contributed by atoms with Gasteiger partial charge in [-0.1, -0.05) is 48.9 Å². The van der Waals surface area contributed by atoms with Gasteiger partial charge in [0.1, 0.15) is 12.0 Å². The van der Waals surface area contributed by atoms with Crippen molar-refractivity contribution in [3.63, 3.8) is 0 Å². The molecule has 0 aromatic heterocycles. The molecule has 2 aromatic carbocycles. The summed E-state index contributed by atoms with van der Waals surface area (Å²) in [5.41, 5.74) is 3.93. The molecule has 0 spiro atoms. The molecule has 37 heavy (non-hydrogen) atoms. The van der Waals surface area contributed by atoms with Crippen molar-refractivity contribution in [2.75, 3.05) is 14.2 Å². The molecule has 3 atom stereocenters. The fourth-order valence-corrected chi connectivity index (χ4v) is 6.24. The lowest BCUT2D eigenvalue weighted by molar-refractivity contribution is -0.153. The van der Waals surface area contributed by atoms with Crippen molar-refractivity contribution in [3.05, 3.63) is 70.9 Å². The Hall–Kier alpha value is -3.41. The molecule has 0 radical (unpaired) electrons. The highest BCUT2D eigenvalue weighted by Gasteiger charge is 2.46. The summed E-state index contributed by atoms with van der Waals surface area (Å²) in [6.45, 7) is 1.88. The van der Waals surface area contributed by atoms with Crippen LogP contribution in [0.5, 0.6) is 11.5 Å². The van der Waals surface area contributed by atoms with Crippen molar-refractivity contribution < 1.29 is 23.8 Å². The van der Waals surface area contributed by atoms with Gasteiger partial charge in [-0.3, -0.25) is 14.6 Å². The van der Waals surface area contributed by atoms with Crippen LogP contribution in [-0.2, 0) is 14.3 Å². The number of allylic oxidation sites excluding steroid dienone is 2. The second-order valence-electron chi connectivity index (χ2n) is 10.3. The van der Waals surface area contributed by atoms with E-state index < -0.39 is 11.8 Å². The number of carbonyl (C=O) groups is 2. The molecule has 2 aromatic rings. The fraction of sp³-hybridized carbons (Fsp3) is 0.452. The van der Waals surface area contributed by atoms with E-state index in [4.69, 9.17) is 19.2 Å². The Balaban J connectivity index is 1.59. The highest BCUT2D eigenvalue weighted by molar-refractivity contribution is 6.09. The zero-order valence-corrected chi connectivity index (χ0v) is 21.9. The summed E-state index contributed by atoms with van der Waals surface area (Å²) >= 11 is 0. The lowest BCUT2D eigenvalue weighted by atomic mass is 9.69. The summed E-state index contributed by atoms with van der Waals surface area (Å²) in [6, 6.07) is 15.7. The van der Waals surface area contributed by atoms with Gasteiger partial charge in [0.25, 0.3) is 0 Å². The molecule has 6 nitrogen and oxygen atoms in total. The van der Waals surface area contributed by atoms with Gasteiger partial charge in [0.05, 0.1) is 14.2 Å². The molecule has 1 heterocycles. The van der Waals surface area contributed by atoms with Crippen LogP contribution < -0.4 is 9.47 Å². The van der Waals surface area contributed by atoms with E-state index in [1.165, 1.54) is 6.42 Å². The third kappa shape index (κ3) is 4.94. The zero-order chi connectivity index (χ0) is 25.9. The van der Waals surface area contributed by atoms with E-state index in [-0.39, 0.29) is 23.8 Å². The van der Waals surface area contributed by atoms with Gasteiger partial charge in [-0.25, -0.2) is 0 Å². The predicted molar refractivity (Wildman–Crippen MR) is 142 cm³/mol. The first kappa shape index (κ1) is 25.2. The number of methoxy groups -OCH3 is 2. The fourth-order valence-electron chi connectivity index (χ4n) is 6.24. The normalized spacial score (nSPS) is 24.2. The van der Waals surface area contributed by atoms with Crippen LogP contribution in [0, 0.1) is 5.92 Å². The number of para-hydroxylation sites is 1. The maximum atomic E-state index is 13.9. The number of nitrogens with zero attached hydrogens (tertiary/aromatic N) is 1. The zero-order valence-electron chi connectivity index (χ0n) is 21.9. The van der Waals surface area contributed by atoms with Crippen molar-refractivity contribution in [2.45, 2.75) is 69.8 Å². The number of aliphatic imine (C=N–C) groups is 1. The number of ether oxygens (including phenoxy) is 3. The van der Waals surface area contributed by atoms with Gasteiger partial charge < -0.3 is 14.2 Å². The largest absolute Gasteiger partial charge is 0.493 e. The Morgan fingerprint density at radius 2 is 1.68 bits per heavy atom. The highest BCUT2D eigenvalue weighted by atomic mass is 16.5. The summed E-state index contributed by atoms with van der Waals surface area (Å²) in [5, 5.41) is 0. The molecule has 1 unspecified atom stereocenters. The first-order valence-corrected chi connectivity index (χ1v) is 13.3. The quantitative estimate of drug-likeness (QED) is 0.444. The summed E-state index contributed by atoms with van der Waals surface area (Å²) < 4.78 is 17.4. The van der Waals surface area contributed by atoms with E-state index in [1.807, 2.05) is 43.3 Å². The number of hydrogen-bond acceptors (Lipinski definition) is 6. The Kier molecular flexibility index (Phi) is 7.45. The lowest BCUT2D eigenvalue weighted by Crippen LogP contribution is -2.39. The molecule has 0 bridgehead atoms. The number of benzene rings is 2. The van der Waals surface area contributed by atoms with Gasteiger partial charge in [0.15, 0.2) is 17.3 Å². The monoisotopic (exact) mass is 501 g/mol. The van der Waals surface area contributed by atoms with Crippen LogP contribution in [0.15, 0.2) is 64.8 Å². The van der Waals surface area contributed by atoms with Crippen LogP contribution in [-0.4, -0.2) is 37.8 Å². The summed E-state index contributed by atoms with van der Waals surface area (Å²) in [7, 11) is 3.18. The lowest BCUT2D eigenvalue weighted by Gasteiger charge is -2.37. The maximum absolute atomic E-state index is 13.9. The van der Waals surface area contributed by atoms with E-state index in [2.05, 4.69) is 12.1 Å². The minimum atomic E-state index is -0.695. The van der Waals surface area contributed by atoms with Crippen molar-refractivity contribution in [1.29, 1.82) is 0 Å². The van der Waals surface area contributed by atoms with Gasteiger partial charge >= 0.3 is 5.97 Å². The molecule has 3 aliphatic rings. The molecule has 5 rings (SSSR count). The average Bonchev–Trinajstić information content (AvgIpc) is 2.92. The van der Waals surface area contributed by atoms with E-state index in [0.717, 1.165) is 42.5 Å². The molecular formula is C31H35NO5. The molecule has 2 aliphatic carbocycles. The van der Waals surface area contributed by atoms with E-state index >= 15 is 0 Å². The smallest absolute Gasteiger partial charge is 0.315 e. The number of ketones is 1. The molecule has 0 amide bonds. The van der Waals surface area contributed by atoms with Crippen LogP contribution in [0.2, 0.25) is 0 Å². The number of carbonyl (C=O) groups excluding carboxylic acids is 2. The average molecular weight is 502 g/mol. The highest BCUT2D eigenvalue weighted by Crippen LogP contribution is 2.50. The molecule has 0 N–H and O–H groups in total. The number of Topliss-reactive ketones (excluding diaryl/α,β-unsaturated/α-hetero) is 1. The van der Waals surface area contributed by atoms with Crippen LogP contribution in [0.3, 0.4) is 0 Å². The third-order valence-electron chi connectivity index (χ3n) is 8.02. The number of rotatable bonds is 6. The molecule has 0 saturated heterocycles. The summed E-state index contributed by atoms with van der Waals surface area (Å²) in [4.78, 5) is 32.5. The number of esters is 1. The van der Waals surface area contributed by atoms with Crippen molar-refractivity contribution in [1.82, 2.24) is 0 Å². The minimum absolute atomic E-state index is 0.0247. The Labute approximate surface area is 218 Å². The van der Waals surface area contributed by atoms with Gasteiger partial charge in [0, 0.05) is 34.9 Å².